The van der Waals surface area contributed by atoms with Gasteiger partial charge in [-0.1, -0.05) is 0 Å². The first kappa shape index (κ1) is 19.7. The maximum atomic E-state index is 11.2. The molecule has 3 N–H and O–H groups in total. The van der Waals surface area contributed by atoms with Crippen LogP contribution in [0, 0.1) is 5.41 Å². The molecule has 30 heavy (non-hydrogen) atoms. The lowest BCUT2D eigenvalue weighted by Crippen LogP contribution is -2.26. The molecule has 0 radical (unpaired) electrons. The van der Waals surface area contributed by atoms with Gasteiger partial charge in [-0.15, -0.1) is 11.3 Å². The van der Waals surface area contributed by atoms with Crippen molar-refractivity contribution < 1.29 is 14.6 Å². The summed E-state index contributed by atoms with van der Waals surface area (Å²) < 4.78 is 5.19. The number of anilines is 2. The average Bonchev–Trinajstić information content (AvgIpc) is 3.32. The highest BCUT2D eigenvalue weighted by Gasteiger charge is 2.31. The zero-order chi connectivity index (χ0) is 21.3. The molecular weight excluding hydrogens is 400 g/mol. The first-order valence-electron chi connectivity index (χ1n) is 9.23. The molecule has 4 rings (SSSR count). The van der Waals surface area contributed by atoms with Gasteiger partial charge in [0.1, 0.15) is 22.4 Å². The van der Waals surface area contributed by atoms with Crippen LogP contribution < -0.4 is 15.0 Å². The summed E-state index contributed by atoms with van der Waals surface area (Å²) in [5.74, 6) is 0.930. The van der Waals surface area contributed by atoms with E-state index in [9.17, 15) is 9.90 Å². The van der Waals surface area contributed by atoms with Gasteiger partial charge in [-0.3, -0.25) is 10.2 Å². The van der Waals surface area contributed by atoms with Crippen molar-refractivity contribution in [1.29, 1.82) is 5.41 Å². The molecule has 152 valence electrons. The van der Waals surface area contributed by atoms with Gasteiger partial charge in [0, 0.05) is 29.2 Å². The highest BCUT2D eigenvalue weighted by atomic mass is 32.1. The second-order valence-corrected chi connectivity index (χ2v) is 7.61. The summed E-state index contributed by atoms with van der Waals surface area (Å²) in [5, 5.41) is 24.4. The van der Waals surface area contributed by atoms with Crippen molar-refractivity contribution in [2.45, 2.75) is 6.92 Å². The van der Waals surface area contributed by atoms with E-state index in [0.717, 1.165) is 22.7 Å². The number of hydrogen-bond donors (Lipinski definition) is 3. The number of nitrogens with zero attached hydrogens (tertiary/aromatic N) is 2. The fraction of sp³-hybridized carbons (Fsp3) is 0.136. The molecule has 0 bridgehead atoms. The van der Waals surface area contributed by atoms with Gasteiger partial charge in [-0.2, -0.15) is 0 Å². The van der Waals surface area contributed by atoms with Gasteiger partial charge in [0.05, 0.1) is 24.9 Å². The van der Waals surface area contributed by atoms with Gasteiger partial charge in [0.25, 0.3) is 0 Å². The number of carbonyl (C=O) groups is 1. The van der Waals surface area contributed by atoms with E-state index in [0.29, 0.717) is 16.3 Å². The number of aromatic nitrogens is 1. The molecule has 0 saturated carbocycles. The van der Waals surface area contributed by atoms with Gasteiger partial charge in [-0.25, -0.2) is 4.98 Å². The third kappa shape index (κ3) is 3.77. The molecule has 1 aliphatic rings. The minimum absolute atomic E-state index is 0.113. The van der Waals surface area contributed by atoms with Crippen molar-refractivity contribution in [1.82, 2.24) is 4.98 Å². The van der Waals surface area contributed by atoms with Crippen LogP contribution in [-0.2, 0) is 4.79 Å². The fourth-order valence-corrected chi connectivity index (χ4v) is 4.13. The number of thiazole rings is 1. The maximum Gasteiger partial charge on any atom is 0.221 e. The average molecular weight is 420 g/mol. The Hall–Kier alpha value is -3.65. The number of methoxy groups -OCH3 is 1. The Balaban J connectivity index is 1.55. The van der Waals surface area contributed by atoms with E-state index in [4.69, 9.17) is 10.1 Å². The molecule has 0 spiro atoms. The van der Waals surface area contributed by atoms with Gasteiger partial charge in [0.2, 0.25) is 5.91 Å². The smallest absolute Gasteiger partial charge is 0.221 e. The minimum Gasteiger partial charge on any atom is -0.510 e. The lowest BCUT2D eigenvalue weighted by molar-refractivity contribution is -0.114. The molecular formula is C22H20N4O3S. The van der Waals surface area contributed by atoms with Crippen molar-refractivity contribution in [3.63, 3.8) is 0 Å². The maximum absolute atomic E-state index is 11.2. The van der Waals surface area contributed by atoms with Crippen LogP contribution >= 0.6 is 11.3 Å². The Bertz CT molecular complexity index is 1130. The first-order chi connectivity index (χ1) is 14.5. The van der Waals surface area contributed by atoms with E-state index in [-0.39, 0.29) is 24.0 Å². The second kappa shape index (κ2) is 8.00. The van der Waals surface area contributed by atoms with Gasteiger partial charge in [0.15, 0.2) is 0 Å². The van der Waals surface area contributed by atoms with Crippen LogP contribution in [-0.4, -0.2) is 35.5 Å². The monoisotopic (exact) mass is 420 g/mol. The van der Waals surface area contributed by atoms with Crippen molar-refractivity contribution >= 4 is 40.0 Å². The third-order valence-corrected chi connectivity index (χ3v) is 5.57. The number of carbonyl (C=O) groups excluding carboxylic acids is 1. The van der Waals surface area contributed by atoms with Crippen molar-refractivity contribution in [3.8, 4) is 17.0 Å². The van der Waals surface area contributed by atoms with Crippen LogP contribution in [0.3, 0.4) is 0 Å². The van der Waals surface area contributed by atoms with E-state index in [1.54, 1.807) is 36.3 Å². The third-order valence-electron chi connectivity index (χ3n) is 4.71. The number of hydrogen-bond acceptors (Lipinski definition) is 6. The lowest BCUT2D eigenvalue weighted by atomic mass is 10.1. The molecule has 1 aliphatic heterocycles. The number of aliphatic hydroxyl groups excluding tert-OH is 1. The molecule has 1 aromatic heterocycles. The Kier molecular flexibility index (Phi) is 5.24. The molecule has 0 aliphatic carbocycles. The van der Waals surface area contributed by atoms with Gasteiger partial charge in [-0.05, 0) is 48.5 Å². The molecule has 2 heterocycles. The van der Waals surface area contributed by atoms with E-state index in [1.807, 2.05) is 29.6 Å². The van der Waals surface area contributed by atoms with Crippen molar-refractivity contribution in [2.75, 3.05) is 23.9 Å². The number of amides is 1. The van der Waals surface area contributed by atoms with E-state index in [1.165, 1.54) is 18.3 Å². The molecule has 1 amide bonds. The molecule has 0 fully saturated rings. The summed E-state index contributed by atoms with van der Waals surface area (Å²) in [4.78, 5) is 17.5. The van der Waals surface area contributed by atoms with Crippen molar-refractivity contribution in [2.24, 2.45) is 0 Å². The molecule has 8 heteroatoms. The quantitative estimate of drug-likeness (QED) is 0.563. The Morgan fingerprint density at radius 3 is 2.53 bits per heavy atom. The Morgan fingerprint density at radius 2 is 1.90 bits per heavy atom. The number of nitrogens with one attached hydrogen (secondary N) is 2. The standard InChI is InChI=1S/C22H20N4O3S/c1-13(27)24-15-5-7-16(8-6-15)26-11-19(28)20(21(26)23)22-25-18(12-30-22)14-3-9-17(29-2)10-4-14/h3-10,12,23,28H,11H2,1-2H3,(H,24,27). The van der Waals surface area contributed by atoms with Crippen LogP contribution in [0.5, 0.6) is 5.75 Å². The molecule has 3 aromatic rings. The number of ether oxygens (including phenoxy) is 1. The number of aliphatic hydroxyl groups is 1. The summed E-state index contributed by atoms with van der Waals surface area (Å²) >= 11 is 1.39. The normalized spacial score (nSPS) is 13.7. The highest BCUT2D eigenvalue weighted by Crippen LogP contribution is 2.35. The minimum atomic E-state index is -0.144. The van der Waals surface area contributed by atoms with Gasteiger partial charge >= 0.3 is 0 Å². The highest BCUT2D eigenvalue weighted by molar-refractivity contribution is 7.11. The molecule has 0 unspecified atom stereocenters. The first-order valence-corrected chi connectivity index (χ1v) is 10.1. The van der Waals surface area contributed by atoms with E-state index >= 15 is 0 Å². The Morgan fingerprint density at radius 1 is 1.20 bits per heavy atom. The fourth-order valence-electron chi connectivity index (χ4n) is 3.24. The van der Waals surface area contributed by atoms with Crippen LogP contribution in [0.15, 0.2) is 59.7 Å². The van der Waals surface area contributed by atoms with Crippen LogP contribution in [0.4, 0.5) is 11.4 Å². The summed E-state index contributed by atoms with van der Waals surface area (Å²) in [6.07, 6.45) is 0. The largest absolute Gasteiger partial charge is 0.510 e. The van der Waals surface area contributed by atoms with E-state index < -0.39 is 0 Å². The zero-order valence-electron chi connectivity index (χ0n) is 16.5. The summed E-state index contributed by atoms with van der Waals surface area (Å²) in [6.45, 7) is 1.65. The predicted octanol–water partition coefficient (Wildman–Crippen LogP) is 4.54. The molecule has 7 nitrogen and oxygen atoms in total. The Labute approximate surface area is 177 Å². The summed E-state index contributed by atoms with van der Waals surface area (Å²) in [5.41, 5.74) is 3.59. The second-order valence-electron chi connectivity index (χ2n) is 6.75. The summed E-state index contributed by atoms with van der Waals surface area (Å²) in [7, 11) is 1.62. The molecule has 0 saturated heterocycles. The zero-order valence-corrected chi connectivity index (χ0v) is 17.3. The molecule has 0 atom stereocenters. The summed E-state index contributed by atoms with van der Waals surface area (Å²) in [6, 6.07) is 14.7. The molecule has 2 aromatic carbocycles. The van der Waals surface area contributed by atoms with Crippen molar-refractivity contribution in [3.05, 3.63) is 64.7 Å². The van der Waals surface area contributed by atoms with E-state index in [2.05, 4.69) is 10.3 Å². The topological polar surface area (TPSA) is 98.5 Å². The van der Waals surface area contributed by atoms with Crippen LogP contribution in [0.25, 0.3) is 16.8 Å². The predicted molar refractivity (Wildman–Crippen MR) is 119 cm³/mol. The number of rotatable bonds is 5. The number of amidine groups is 1. The number of benzene rings is 2. The van der Waals surface area contributed by atoms with Gasteiger partial charge < -0.3 is 20.1 Å². The lowest BCUT2D eigenvalue weighted by Gasteiger charge is -2.19. The van der Waals surface area contributed by atoms with Crippen LogP contribution in [0.2, 0.25) is 0 Å². The van der Waals surface area contributed by atoms with Crippen LogP contribution in [0.1, 0.15) is 11.9 Å². The SMILES string of the molecule is COc1ccc(-c2csc(C3=C(O)CN(c4ccc(NC(C)=O)cc4)C3=N)n2)cc1.